The summed E-state index contributed by atoms with van der Waals surface area (Å²) in [4.78, 5) is 17.7. The van der Waals surface area contributed by atoms with Crippen molar-refractivity contribution in [2.24, 2.45) is 0 Å². The van der Waals surface area contributed by atoms with Gasteiger partial charge in [-0.2, -0.15) is 0 Å². The minimum Gasteiger partial charge on any atom is -0.361 e. The summed E-state index contributed by atoms with van der Waals surface area (Å²) in [5.74, 6) is 0.706. The Morgan fingerprint density at radius 1 is 1.47 bits per heavy atom. The molecule has 0 saturated heterocycles. The third-order valence-electron chi connectivity index (χ3n) is 2.57. The first kappa shape index (κ1) is 13.2. The molecule has 0 atom stereocenters. The topological polar surface area (TPSA) is 107 Å². The van der Waals surface area contributed by atoms with Crippen molar-refractivity contribution >= 4 is 23.1 Å². The predicted octanol–water partition coefficient (Wildman–Crippen LogP) is 2.26. The molecule has 0 amide bonds. The Kier molecular flexibility index (Phi) is 3.61. The first-order valence-electron chi connectivity index (χ1n) is 5.31. The lowest BCUT2D eigenvalue weighted by Crippen LogP contribution is -2.06. The summed E-state index contributed by atoms with van der Waals surface area (Å²) < 4.78 is 5.00. The maximum atomic E-state index is 10.9. The fourth-order valence-electron chi connectivity index (χ4n) is 1.57. The number of aryl methyl sites for hydroxylation is 2. The molecule has 0 aliphatic rings. The van der Waals surface area contributed by atoms with Crippen LogP contribution >= 0.6 is 11.6 Å². The van der Waals surface area contributed by atoms with E-state index in [0.717, 1.165) is 11.9 Å². The van der Waals surface area contributed by atoms with Crippen molar-refractivity contribution in [2.45, 2.75) is 20.4 Å². The van der Waals surface area contributed by atoms with Crippen LogP contribution in [0.2, 0.25) is 5.15 Å². The Labute approximate surface area is 112 Å². The SMILES string of the molecule is Cc1noc(C)c1CNc1ncnc(Cl)c1[N+](=O)[O-]. The molecular formula is C10H10ClN5O3. The zero-order valence-electron chi connectivity index (χ0n) is 10.2. The highest BCUT2D eigenvalue weighted by atomic mass is 35.5. The van der Waals surface area contributed by atoms with Gasteiger partial charge in [-0.1, -0.05) is 16.8 Å². The van der Waals surface area contributed by atoms with E-state index in [1.165, 1.54) is 0 Å². The van der Waals surface area contributed by atoms with Gasteiger partial charge in [0.1, 0.15) is 12.1 Å². The number of hydrogen-bond donors (Lipinski definition) is 1. The zero-order chi connectivity index (χ0) is 14.0. The van der Waals surface area contributed by atoms with Gasteiger partial charge in [-0.15, -0.1) is 0 Å². The molecule has 2 rings (SSSR count). The van der Waals surface area contributed by atoms with Gasteiger partial charge in [0.25, 0.3) is 0 Å². The predicted molar refractivity (Wildman–Crippen MR) is 67.0 cm³/mol. The number of nitrogens with one attached hydrogen (secondary N) is 1. The van der Waals surface area contributed by atoms with E-state index >= 15 is 0 Å². The van der Waals surface area contributed by atoms with Gasteiger partial charge < -0.3 is 9.84 Å². The van der Waals surface area contributed by atoms with E-state index in [0.29, 0.717) is 18.0 Å². The molecule has 2 aromatic heterocycles. The maximum absolute atomic E-state index is 10.9. The summed E-state index contributed by atoms with van der Waals surface area (Å²) in [5.41, 5.74) is 1.19. The second-order valence-electron chi connectivity index (χ2n) is 3.78. The Morgan fingerprint density at radius 2 is 2.21 bits per heavy atom. The van der Waals surface area contributed by atoms with Crippen LogP contribution in [0.3, 0.4) is 0 Å². The van der Waals surface area contributed by atoms with Crippen LogP contribution in [0.1, 0.15) is 17.0 Å². The molecular weight excluding hydrogens is 274 g/mol. The fourth-order valence-corrected chi connectivity index (χ4v) is 1.78. The van der Waals surface area contributed by atoms with E-state index in [2.05, 4.69) is 20.4 Å². The number of halogens is 1. The van der Waals surface area contributed by atoms with E-state index in [1.54, 1.807) is 13.8 Å². The Balaban J connectivity index is 2.25. The van der Waals surface area contributed by atoms with Crippen LogP contribution in [0.4, 0.5) is 11.5 Å². The van der Waals surface area contributed by atoms with Gasteiger partial charge in [-0.05, 0) is 13.8 Å². The van der Waals surface area contributed by atoms with E-state index < -0.39 is 4.92 Å². The van der Waals surface area contributed by atoms with Gasteiger partial charge in [0.2, 0.25) is 11.0 Å². The first-order chi connectivity index (χ1) is 9.00. The molecule has 100 valence electrons. The van der Waals surface area contributed by atoms with Gasteiger partial charge in [0, 0.05) is 12.1 Å². The molecule has 0 unspecified atom stereocenters. The third kappa shape index (κ3) is 2.63. The van der Waals surface area contributed by atoms with Crippen molar-refractivity contribution in [3.8, 4) is 0 Å². The van der Waals surface area contributed by atoms with E-state index in [9.17, 15) is 10.1 Å². The molecule has 0 aromatic carbocycles. The van der Waals surface area contributed by atoms with Gasteiger partial charge in [-0.3, -0.25) is 10.1 Å². The van der Waals surface area contributed by atoms with Gasteiger partial charge >= 0.3 is 5.69 Å². The second-order valence-corrected chi connectivity index (χ2v) is 4.13. The van der Waals surface area contributed by atoms with Gasteiger partial charge in [-0.25, -0.2) is 9.97 Å². The highest BCUT2D eigenvalue weighted by Gasteiger charge is 2.21. The summed E-state index contributed by atoms with van der Waals surface area (Å²) in [7, 11) is 0. The van der Waals surface area contributed by atoms with E-state index in [4.69, 9.17) is 16.1 Å². The van der Waals surface area contributed by atoms with Gasteiger partial charge in [0.05, 0.1) is 10.6 Å². The summed E-state index contributed by atoms with van der Waals surface area (Å²) in [6.07, 6.45) is 1.16. The summed E-state index contributed by atoms with van der Waals surface area (Å²) in [5, 5.41) is 17.3. The largest absolute Gasteiger partial charge is 0.361 e. The lowest BCUT2D eigenvalue weighted by molar-refractivity contribution is -0.384. The number of nitrogens with zero attached hydrogens (tertiary/aromatic N) is 4. The number of hydrogen-bond acceptors (Lipinski definition) is 7. The molecule has 0 spiro atoms. The van der Waals surface area contributed by atoms with Crippen LogP contribution in [-0.2, 0) is 6.54 Å². The Bertz CT molecular complexity index is 608. The molecule has 2 aromatic rings. The van der Waals surface area contributed by atoms with Crippen LogP contribution in [0.5, 0.6) is 0 Å². The summed E-state index contributed by atoms with van der Waals surface area (Å²) in [6.45, 7) is 3.85. The normalized spacial score (nSPS) is 10.5. The number of aromatic nitrogens is 3. The number of rotatable bonds is 4. The Morgan fingerprint density at radius 3 is 2.79 bits per heavy atom. The maximum Gasteiger partial charge on any atom is 0.348 e. The molecule has 0 fully saturated rings. The monoisotopic (exact) mass is 283 g/mol. The second kappa shape index (κ2) is 5.19. The average Bonchev–Trinajstić information content (AvgIpc) is 2.66. The standard InChI is InChI=1S/C10H10ClN5O3/c1-5-7(6(2)19-15-5)3-12-10-8(16(17)18)9(11)13-4-14-10/h4H,3H2,1-2H3,(H,12,13,14). The highest BCUT2D eigenvalue weighted by Crippen LogP contribution is 2.28. The minimum atomic E-state index is -0.627. The van der Waals surface area contributed by atoms with E-state index in [1.807, 2.05) is 0 Å². The lowest BCUT2D eigenvalue weighted by Gasteiger charge is -2.05. The Hall–Kier alpha value is -2.22. The van der Waals surface area contributed by atoms with Crippen molar-refractivity contribution in [3.05, 3.63) is 38.6 Å². The van der Waals surface area contributed by atoms with Crippen molar-refractivity contribution in [1.82, 2.24) is 15.1 Å². The first-order valence-corrected chi connectivity index (χ1v) is 5.69. The molecule has 9 heteroatoms. The zero-order valence-corrected chi connectivity index (χ0v) is 10.9. The lowest BCUT2D eigenvalue weighted by atomic mass is 10.2. The molecule has 0 saturated carbocycles. The van der Waals surface area contributed by atoms with Gasteiger partial charge in [0.15, 0.2) is 0 Å². The van der Waals surface area contributed by atoms with Crippen molar-refractivity contribution in [2.75, 3.05) is 5.32 Å². The van der Waals surface area contributed by atoms with Crippen LogP contribution in [0, 0.1) is 24.0 Å². The quantitative estimate of drug-likeness (QED) is 0.521. The van der Waals surface area contributed by atoms with Crippen LogP contribution in [0.25, 0.3) is 0 Å². The van der Waals surface area contributed by atoms with Crippen molar-refractivity contribution in [1.29, 1.82) is 0 Å². The smallest absolute Gasteiger partial charge is 0.348 e. The summed E-state index contributed by atoms with van der Waals surface area (Å²) >= 11 is 5.68. The molecule has 2 heterocycles. The highest BCUT2D eigenvalue weighted by molar-refractivity contribution is 6.31. The molecule has 0 radical (unpaired) electrons. The molecule has 0 aliphatic carbocycles. The molecule has 0 bridgehead atoms. The van der Waals surface area contributed by atoms with Crippen molar-refractivity contribution in [3.63, 3.8) is 0 Å². The summed E-state index contributed by atoms with van der Waals surface area (Å²) in [6, 6.07) is 0. The molecule has 1 N–H and O–H groups in total. The van der Waals surface area contributed by atoms with E-state index in [-0.39, 0.29) is 16.7 Å². The van der Waals surface area contributed by atoms with Crippen LogP contribution in [0.15, 0.2) is 10.9 Å². The van der Waals surface area contributed by atoms with Crippen LogP contribution < -0.4 is 5.32 Å². The molecule has 8 nitrogen and oxygen atoms in total. The molecule has 19 heavy (non-hydrogen) atoms. The number of nitro groups is 1. The van der Waals surface area contributed by atoms with Crippen LogP contribution in [-0.4, -0.2) is 20.0 Å². The fraction of sp³-hybridized carbons (Fsp3) is 0.300. The van der Waals surface area contributed by atoms with Crippen molar-refractivity contribution < 1.29 is 9.45 Å². The molecule has 0 aliphatic heterocycles. The number of anilines is 1. The minimum absolute atomic E-state index is 0.0602. The average molecular weight is 284 g/mol. The third-order valence-corrected chi connectivity index (χ3v) is 2.85.